The first-order valence-electron chi connectivity index (χ1n) is 7.62. The van der Waals surface area contributed by atoms with Gasteiger partial charge in [0.1, 0.15) is 5.58 Å². The zero-order valence-electron chi connectivity index (χ0n) is 13.0. The maximum absolute atomic E-state index is 12.2. The van der Waals surface area contributed by atoms with Crippen LogP contribution in [0.2, 0.25) is 0 Å². The Bertz CT molecular complexity index is 1100. The van der Waals surface area contributed by atoms with Crippen LogP contribution in [0.3, 0.4) is 0 Å². The summed E-state index contributed by atoms with van der Waals surface area (Å²) in [6.45, 7) is 0. The predicted octanol–water partition coefficient (Wildman–Crippen LogP) is 4.36. The van der Waals surface area contributed by atoms with Gasteiger partial charge in [0.15, 0.2) is 0 Å². The lowest BCUT2D eigenvalue weighted by Gasteiger charge is -1.99. The molecule has 0 saturated heterocycles. The Morgan fingerprint density at radius 2 is 1.88 bits per heavy atom. The molecule has 5 nitrogen and oxygen atoms in total. The van der Waals surface area contributed by atoms with Crippen LogP contribution in [0.1, 0.15) is 5.56 Å². The molecule has 0 fully saturated rings. The van der Waals surface area contributed by atoms with Crippen LogP contribution in [0.15, 0.2) is 80.4 Å². The number of benzene rings is 2. The summed E-state index contributed by atoms with van der Waals surface area (Å²) in [6.07, 6.45) is 1.71. The average molecular weight is 347 g/mol. The highest BCUT2D eigenvalue weighted by molar-refractivity contribution is 7.14. The molecule has 4 rings (SSSR count). The van der Waals surface area contributed by atoms with E-state index in [4.69, 9.17) is 4.42 Å². The molecule has 25 heavy (non-hydrogen) atoms. The molecule has 0 aliphatic heterocycles. The van der Waals surface area contributed by atoms with Gasteiger partial charge < -0.3 is 4.42 Å². The van der Waals surface area contributed by atoms with E-state index in [-0.39, 0.29) is 0 Å². The zero-order chi connectivity index (χ0) is 17.1. The lowest BCUT2D eigenvalue weighted by atomic mass is 10.1. The minimum absolute atomic E-state index is 0.400. The van der Waals surface area contributed by atoms with Crippen molar-refractivity contribution in [2.45, 2.75) is 0 Å². The Labute approximate surface area is 147 Å². The molecule has 6 heteroatoms. The van der Waals surface area contributed by atoms with E-state index in [2.05, 4.69) is 15.5 Å². The first kappa shape index (κ1) is 15.3. The van der Waals surface area contributed by atoms with Crippen molar-refractivity contribution in [3.63, 3.8) is 0 Å². The van der Waals surface area contributed by atoms with Gasteiger partial charge in [0.25, 0.3) is 0 Å². The number of fused-ring (bicyclic) bond motifs is 1. The van der Waals surface area contributed by atoms with E-state index in [9.17, 15) is 4.79 Å². The van der Waals surface area contributed by atoms with Crippen molar-refractivity contribution in [1.29, 1.82) is 0 Å². The standard InChI is InChI=1S/C19H13N3O2S/c23-18-15(10-14-8-4-5-9-17(14)24-18)16-12-25-19(21-16)22-20-11-13-6-2-1-3-7-13/h1-12H,(H,21,22). The smallest absolute Gasteiger partial charge is 0.345 e. The third-order valence-corrected chi connectivity index (χ3v) is 4.34. The quantitative estimate of drug-likeness (QED) is 0.338. The van der Waals surface area contributed by atoms with Gasteiger partial charge in [0, 0.05) is 10.8 Å². The van der Waals surface area contributed by atoms with Gasteiger partial charge in [-0.1, -0.05) is 48.5 Å². The number of hydrogen-bond acceptors (Lipinski definition) is 6. The number of nitrogens with zero attached hydrogens (tertiary/aromatic N) is 2. The van der Waals surface area contributed by atoms with Gasteiger partial charge in [-0.25, -0.2) is 9.78 Å². The van der Waals surface area contributed by atoms with Crippen LogP contribution in [0.4, 0.5) is 5.13 Å². The molecule has 0 saturated carbocycles. The number of thiazole rings is 1. The fraction of sp³-hybridized carbons (Fsp3) is 0. The van der Waals surface area contributed by atoms with Crippen LogP contribution in [-0.4, -0.2) is 11.2 Å². The minimum Gasteiger partial charge on any atom is -0.422 e. The van der Waals surface area contributed by atoms with Crippen LogP contribution in [-0.2, 0) is 0 Å². The highest BCUT2D eigenvalue weighted by Gasteiger charge is 2.11. The van der Waals surface area contributed by atoms with Gasteiger partial charge in [-0.15, -0.1) is 11.3 Å². The third kappa shape index (κ3) is 3.34. The molecule has 2 aromatic heterocycles. The Kier molecular flexibility index (Phi) is 4.10. The molecule has 4 aromatic rings. The summed E-state index contributed by atoms with van der Waals surface area (Å²) in [6, 6.07) is 19.0. The number of para-hydroxylation sites is 1. The molecule has 0 aliphatic rings. The van der Waals surface area contributed by atoms with Crippen molar-refractivity contribution in [3.8, 4) is 11.3 Å². The minimum atomic E-state index is -0.400. The van der Waals surface area contributed by atoms with Crippen LogP contribution in [0.25, 0.3) is 22.2 Å². The number of nitrogens with one attached hydrogen (secondary N) is 1. The largest absolute Gasteiger partial charge is 0.422 e. The summed E-state index contributed by atoms with van der Waals surface area (Å²) in [5.74, 6) is 0. The van der Waals surface area contributed by atoms with E-state index in [0.29, 0.717) is 22.0 Å². The molecule has 0 atom stereocenters. The van der Waals surface area contributed by atoms with Crippen molar-refractivity contribution in [2.24, 2.45) is 5.10 Å². The van der Waals surface area contributed by atoms with Crippen molar-refractivity contribution in [2.75, 3.05) is 5.43 Å². The summed E-state index contributed by atoms with van der Waals surface area (Å²) >= 11 is 1.38. The Morgan fingerprint density at radius 1 is 1.08 bits per heavy atom. The first-order valence-corrected chi connectivity index (χ1v) is 8.50. The summed E-state index contributed by atoms with van der Waals surface area (Å²) in [5, 5.41) is 7.44. The van der Waals surface area contributed by atoms with Gasteiger partial charge in [-0.3, -0.25) is 5.43 Å². The fourth-order valence-electron chi connectivity index (χ4n) is 2.39. The highest BCUT2D eigenvalue weighted by Crippen LogP contribution is 2.25. The van der Waals surface area contributed by atoms with Gasteiger partial charge >= 0.3 is 5.63 Å². The number of aromatic nitrogens is 1. The average Bonchev–Trinajstić information content (AvgIpc) is 3.11. The first-order chi connectivity index (χ1) is 12.3. The summed E-state index contributed by atoms with van der Waals surface area (Å²) in [4.78, 5) is 16.6. The molecule has 2 aromatic carbocycles. The van der Waals surface area contributed by atoms with E-state index in [0.717, 1.165) is 10.9 Å². The van der Waals surface area contributed by atoms with Gasteiger partial charge in [-0.05, 0) is 17.7 Å². The molecule has 2 heterocycles. The second kappa shape index (κ2) is 6.70. The van der Waals surface area contributed by atoms with Crippen molar-refractivity contribution < 1.29 is 4.42 Å². The Balaban J connectivity index is 1.58. The van der Waals surface area contributed by atoms with E-state index >= 15 is 0 Å². The molecule has 0 unspecified atom stereocenters. The summed E-state index contributed by atoms with van der Waals surface area (Å²) in [5.41, 5.74) is 5.05. The topological polar surface area (TPSA) is 67.5 Å². The van der Waals surface area contributed by atoms with Crippen molar-refractivity contribution in [3.05, 3.63) is 82.0 Å². The monoisotopic (exact) mass is 347 g/mol. The van der Waals surface area contributed by atoms with Gasteiger partial charge in [0.05, 0.1) is 17.5 Å². The molecular formula is C19H13N3O2S. The molecule has 122 valence electrons. The molecule has 0 aliphatic carbocycles. The number of hydrogen-bond donors (Lipinski definition) is 1. The van der Waals surface area contributed by atoms with E-state index in [1.165, 1.54) is 11.3 Å². The van der Waals surface area contributed by atoms with E-state index in [1.54, 1.807) is 23.7 Å². The van der Waals surface area contributed by atoms with Gasteiger partial charge in [0.2, 0.25) is 5.13 Å². The number of hydrazone groups is 1. The zero-order valence-corrected chi connectivity index (χ0v) is 13.9. The van der Waals surface area contributed by atoms with Crippen molar-refractivity contribution >= 4 is 33.7 Å². The van der Waals surface area contributed by atoms with Crippen LogP contribution >= 0.6 is 11.3 Å². The predicted molar refractivity (Wildman–Crippen MR) is 101 cm³/mol. The molecule has 0 amide bonds. The van der Waals surface area contributed by atoms with Crippen molar-refractivity contribution in [1.82, 2.24) is 4.98 Å². The number of anilines is 1. The molecule has 0 bridgehead atoms. The Hall–Kier alpha value is -3.25. The lowest BCUT2D eigenvalue weighted by Crippen LogP contribution is -2.02. The third-order valence-electron chi connectivity index (χ3n) is 3.59. The Morgan fingerprint density at radius 3 is 2.76 bits per heavy atom. The molecule has 0 spiro atoms. The molecular weight excluding hydrogens is 334 g/mol. The lowest BCUT2D eigenvalue weighted by molar-refractivity contribution is 0.563. The van der Waals surface area contributed by atoms with Crippen LogP contribution in [0, 0.1) is 0 Å². The molecule has 0 radical (unpaired) electrons. The van der Waals surface area contributed by atoms with Crippen LogP contribution in [0.5, 0.6) is 0 Å². The maximum Gasteiger partial charge on any atom is 0.345 e. The summed E-state index contributed by atoms with van der Waals surface area (Å²) in [7, 11) is 0. The number of rotatable bonds is 4. The highest BCUT2D eigenvalue weighted by atomic mass is 32.1. The van der Waals surface area contributed by atoms with E-state index < -0.39 is 5.63 Å². The van der Waals surface area contributed by atoms with Crippen LogP contribution < -0.4 is 11.1 Å². The maximum atomic E-state index is 12.2. The second-order valence-corrected chi connectivity index (χ2v) is 6.16. The summed E-state index contributed by atoms with van der Waals surface area (Å²) < 4.78 is 5.35. The van der Waals surface area contributed by atoms with E-state index in [1.807, 2.05) is 48.5 Å². The van der Waals surface area contributed by atoms with Gasteiger partial charge in [-0.2, -0.15) is 5.10 Å². The second-order valence-electron chi connectivity index (χ2n) is 5.30. The normalized spacial score (nSPS) is 11.2. The fourth-order valence-corrected chi connectivity index (χ4v) is 3.05. The SMILES string of the molecule is O=c1oc2ccccc2cc1-c1csc(NN=Cc2ccccc2)n1. The molecule has 1 N–H and O–H groups in total.